The molecule has 2 aromatic rings. The van der Waals surface area contributed by atoms with E-state index in [9.17, 15) is 0 Å². The first-order valence-corrected chi connectivity index (χ1v) is 7.05. The summed E-state index contributed by atoms with van der Waals surface area (Å²) in [5.41, 5.74) is 2.23. The van der Waals surface area contributed by atoms with Crippen molar-refractivity contribution in [2.24, 2.45) is 0 Å². The van der Waals surface area contributed by atoms with Gasteiger partial charge < -0.3 is 4.74 Å². The minimum absolute atomic E-state index is 0.397. The van der Waals surface area contributed by atoms with Crippen LogP contribution in [0.5, 0.6) is 11.6 Å². The highest BCUT2D eigenvalue weighted by Gasteiger charge is 2.06. The van der Waals surface area contributed by atoms with Gasteiger partial charge in [0.15, 0.2) is 0 Å². The number of alkyl halides is 1. The number of rotatable bonds is 5. The summed E-state index contributed by atoms with van der Waals surface area (Å²) in [5, 5.41) is 0. The van der Waals surface area contributed by atoms with Gasteiger partial charge in [0.05, 0.1) is 5.88 Å². The number of benzene rings is 1. The molecule has 0 fully saturated rings. The molecule has 0 aliphatic rings. The van der Waals surface area contributed by atoms with Crippen molar-refractivity contribution in [1.29, 1.82) is 0 Å². The fourth-order valence-corrected chi connectivity index (χ4v) is 2.03. The predicted octanol–water partition coefficient (Wildman–Crippen LogP) is 5.13. The zero-order valence-electron chi connectivity index (χ0n) is 11.3. The van der Waals surface area contributed by atoms with Gasteiger partial charge in [0.25, 0.3) is 0 Å². The van der Waals surface area contributed by atoms with E-state index in [0.29, 0.717) is 17.7 Å². The van der Waals surface area contributed by atoms with Gasteiger partial charge in [-0.25, -0.2) is 4.98 Å². The molecule has 0 radical (unpaired) electrons. The van der Waals surface area contributed by atoms with Gasteiger partial charge in [-0.3, -0.25) is 0 Å². The fourth-order valence-electron chi connectivity index (χ4n) is 1.83. The molecule has 0 spiro atoms. The van der Waals surface area contributed by atoms with E-state index in [-0.39, 0.29) is 0 Å². The molecule has 0 bridgehead atoms. The van der Waals surface area contributed by atoms with E-state index in [2.05, 4.69) is 31.0 Å². The number of pyridine rings is 1. The average Bonchev–Trinajstić information content (AvgIpc) is 2.48. The lowest BCUT2D eigenvalue weighted by atomic mass is 9.99. The lowest BCUT2D eigenvalue weighted by molar-refractivity contribution is 0.458. The lowest BCUT2D eigenvalue weighted by Crippen LogP contribution is -1.94. The number of ether oxygens (including phenoxy) is 1. The Balaban J connectivity index is 2.15. The van der Waals surface area contributed by atoms with Crippen molar-refractivity contribution in [3.8, 4) is 11.6 Å². The Morgan fingerprint density at radius 1 is 1.21 bits per heavy atom. The van der Waals surface area contributed by atoms with Crippen LogP contribution in [0, 0.1) is 0 Å². The Kier molecular flexibility index (Phi) is 4.80. The van der Waals surface area contributed by atoms with Gasteiger partial charge in [0, 0.05) is 11.8 Å². The minimum Gasteiger partial charge on any atom is -0.439 e. The predicted molar refractivity (Wildman–Crippen MR) is 79.0 cm³/mol. The zero-order valence-corrected chi connectivity index (χ0v) is 12.0. The first-order chi connectivity index (χ1) is 9.24. The van der Waals surface area contributed by atoms with Crippen molar-refractivity contribution in [3.63, 3.8) is 0 Å². The first kappa shape index (κ1) is 13.9. The van der Waals surface area contributed by atoms with Gasteiger partial charge in [0.2, 0.25) is 5.88 Å². The molecule has 1 atom stereocenters. The molecule has 0 N–H and O–H groups in total. The van der Waals surface area contributed by atoms with Crippen LogP contribution in [-0.4, -0.2) is 4.98 Å². The smallest absolute Gasteiger partial charge is 0.223 e. The topological polar surface area (TPSA) is 22.1 Å². The van der Waals surface area contributed by atoms with Crippen LogP contribution < -0.4 is 4.74 Å². The molecule has 3 heteroatoms. The van der Waals surface area contributed by atoms with Gasteiger partial charge in [0.1, 0.15) is 5.75 Å². The third-order valence-corrected chi connectivity index (χ3v) is 3.56. The summed E-state index contributed by atoms with van der Waals surface area (Å²) in [4.78, 5) is 4.21. The quantitative estimate of drug-likeness (QED) is 0.706. The summed E-state index contributed by atoms with van der Waals surface area (Å²) < 4.78 is 5.77. The van der Waals surface area contributed by atoms with Gasteiger partial charge >= 0.3 is 0 Å². The molecule has 0 saturated heterocycles. The Bertz CT molecular complexity index is 525. The van der Waals surface area contributed by atoms with Crippen molar-refractivity contribution in [3.05, 3.63) is 53.7 Å². The van der Waals surface area contributed by atoms with E-state index in [1.807, 2.05) is 24.3 Å². The Morgan fingerprint density at radius 2 is 1.95 bits per heavy atom. The van der Waals surface area contributed by atoms with E-state index in [4.69, 9.17) is 16.3 Å². The molecule has 2 rings (SSSR count). The van der Waals surface area contributed by atoms with E-state index in [1.54, 1.807) is 6.20 Å². The van der Waals surface area contributed by atoms with Gasteiger partial charge in [-0.2, -0.15) is 0 Å². The summed E-state index contributed by atoms with van der Waals surface area (Å²) in [6.07, 6.45) is 2.84. The first-order valence-electron chi connectivity index (χ1n) is 6.52. The lowest BCUT2D eigenvalue weighted by Gasteiger charge is -2.11. The van der Waals surface area contributed by atoms with Crippen molar-refractivity contribution < 1.29 is 4.74 Å². The second-order valence-corrected chi connectivity index (χ2v) is 4.85. The minimum atomic E-state index is 0.397. The number of nitrogens with zero attached hydrogens (tertiary/aromatic N) is 1. The molecule has 0 aliphatic carbocycles. The number of aromatic nitrogens is 1. The average molecular weight is 276 g/mol. The summed E-state index contributed by atoms with van der Waals surface area (Å²) in [6.45, 7) is 4.41. The standard InChI is InChI=1S/C16H18ClNO/c1-3-12(2)13-6-8-15(9-7-13)19-16-14(11-17)5-4-10-18-16/h4-10,12H,3,11H2,1-2H3. The monoisotopic (exact) mass is 275 g/mol. The van der Waals surface area contributed by atoms with Crippen LogP contribution in [0.1, 0.15) is 37.3 Å². The molecule has 1 aromatic carbocycles. The Hall–Kier alpha value is -1.54. The molecule has 1 heterocycles. The summed E-state index contributed by atoms with van der Waals surface area (Å²) >= 11 is 5.86. The maximum atomic E-state index is 5.86. The van der Waals surface area contributed by atoms with Crippen LogP contribution >= 0.6 is 11.6 Å². The molecule has 1 aromatic heterocycles. The normalized spacial score (nSPS) is 12.2. The molecule has 1 unspecified atom stereocenters. The molecule has 0 aliphatic heterocycles. The van der Waals surface area contributed by atoms with Crippen LogP contribution in [-0.2, 0) is 5.88 Å². The molecule has 0 saturated carbocycles. The molecule has 2 nitrogen and oxygen atoms in total. The Labute approximate surface area is 119 Å². The highest BCUT2D eigenvalue weighted by Crippen LogP contribution is 2.26. The summed E-state index contributed by atoms with van der Waals surface area (Å²) in [5.74, 6) is 2.34. The van der Waals surface area contributed by atoms with Gasteiger partial charge in [-0.1, -0.05) is 32.0 Å². The van der Waals surface area contributed by atoms with Gasteiger partial charge in [-0.15, -0.1) is 11.6 Å². The maximum Gasteiger partial charge on any atom is 0.223 e. The molecular formula is C16H18ClNO. The zero-order chi connectivity index (χ0) is 13.7. The van der Waals surface area contributed by atoms with Crippen LogP contribution in [0.2, 0.25) is 0 Å². The second kappa shape index (κ2) is 6.58. The number of hydrogen-bond acceptors (Lipinski definition) is 2. The second-order valence-electron chi connectivity index (χ2n) is 4.58. The van der Waals surface area contributed by atoms with E-state index in [0.717, 1.165) is 17.7 Å². The number of hydrogen-bond donors (Lipinski definition) is 0. The van der Waals surface area contributed by atoms with Crippen molar-refractivity contribution in [2.45, 2.75) is 32.1 Å². The van der Waals surface area contributed by atoms with Crippen LogP contribution in [0.15, 0.2) is 42.6 Å². The van der Waals surface area contributed by atoms with Crippen LogP contribution in [0.3, 0.4) is 0 Å². The summed E-state index contributed by atoms with van der Waals surface area (Å²) in [7, 11) is 0. The van der Waals surface area contributed by atoms with E-state index >= 15 is 0 Å². The molecule has 100 valence electrons. The fraction of sp³-hybridized carbons (Fsp3) is 0.312. The molecule has 19 heavy (non-hydrogen) atoms. The van der Waals surface area contributed by atoms with Crippen molar-refractivity contribution >= 4 is 11.6 Å². The third kappa shape index (κ3) is 3.48. The molecular weight excluding hydrogens is 258 g/mol. The van der Waals surface area contributed by atoms with Gasteiger partial charge in [-0.05, 0) is 36.1 Å². The summed E-state index contributed by atoms with van der Waals surface area (Å²) in [6, 6.07) is 11.9. The largest absolute Gasteiger partial charge is 0.439 e. The maximum absolute atomic E-state index is 5.86. The van der Waals surface area contributed by atoms with Crippen LogP contribution in [0.4, 0.5) is 0 Å². The Morgan fingerprint density at radius 3 is 2.58 bits per heavy atom. The van der Waals surface area contributed by atoms with E-state index < -0.39 is 0 Å². The van der Waals surface area contributed by atoms with E-state index in [1.165, 1.54) is 5.56 Å². The SMILES string of the molecule is CCC(C)c1ccc(Oc2ncccc2CCl)cc1. The van der Waals surface area contributed by atoms with Crippen molar-refractivity contribution in [1.82, 2.24) is 4.98 Å². The molecule has 0 amide bonds. The van der Waals surface area contributed by atoms with Crippen LogP contribution in [0.25, 0.3) is 0 Å². The third-order valence-electron chi connectivity index (χ3n) is 3.27. The highest BCUT2D eigenvalue weighted by atomic mass is 35.5. The van der Waals surface area contributed by atoms with Crippen molar-refractivity contribution in [2.75, 3.05) is 0 Å². The highest BCUT2D eigenvalue weighted by molar-refractivity contribution is 6.17. The number of halogens is 1.